The molecule has 1 N–H and O–H groups in total. The van der Waals surface area contributed by atoms with E-state index in [0.717, 1.165) is 12.6 Å². The van der Waals surface area contributed by atoms with Crippen LogP contribution >= 0.6 is 0 Å². The van der Waals surface area contributed by atoms with Crippen molar-refractivity contribution in [2.24, 2.45) is 0 Å². The Morgan fingerprint density at radius 2 is 1.90 bits per heavy atom. The van der Waals surface area contributed by atoms with Crippen molar-refractivity contribution in [1.82, 2.24) is 15.3 Å². The maximum atomic E-state index is 12.8. The topological polar surface area (TPSA) is 47.0 Å². The number of hydrogen-bond donors (Lipinski definition) is 1. The fourth-order valence-corrected chi connectivity index (χ4v) is 1.64. The van der Waals surface area contributed by atoms with E-state index in [0.29, 0.717) is 12.2 Å². The van der Waals surface area contributed by atoms with E-state index in [9.17, 15) is 13.2 Å². The minimum absolute atomic E-state index is 0.0203. The Hall–Kier alpha value is -2.15. The molecular weight excluding hydrogens is 283 g/mol. The number of benzene rings is 1. The predicted octanol–water partition coefficient (Wildman–Crippen LogP) is 3.40. The second-order valence-electron chi connectivity index (χ2n) is 4.22. The van der Waals surface area contributed by atoms with Gasteiger partial charge in [-0.2, -0.15) is 13.2 Å². The summed E-state index contributed by atoms with van der Waals surface area (Å²) < 4.78 is 43.7. The second-order valence-corrected chi connectivity index (χ2v) is 4.22. The minimum atomic E-state index is -4.48. The zero-order valence-electron chi connectivity index (χ0n) is 11.3. The fraction of sp³-hybridized carbons (Fsp3) is 0.286. The number of halogens is 3. The summed E-state index contributed by atoms with van der Waals surface area (Å²) in [6, 6.07) is 4.98. The van der Waals surface area contributed by atoms with Gasteiger partial charge in [0.25, 0.3) is 0 Å². The Balaban J connectivity index is 2.15. The summed E-state index contributed by atoms with van der Waals surface area (Å²) in [6.45, 7) is 3.29. The standard InChI is InChI=1S/C14H14F3N3O/c1-2-18-7-10-8-20-13(9-19-10)21-12-6-4-3-5-11(12)14(15,16)17/h3-6,8-9,18H,2,7H2,1H3. The average molecular weight is 297 g/mol. The quantitative estimate of drug-likeness (QED) is 0.919. The third-order valence-corrected chi connectivity index (χ3v) is 2.64. The molecule has 112 valence electrons. The molecule has 0 fully saturated rings. The van der Waals surface area contributed by atoms with Gasteiger partial charge >= 0.3 is 6.18 Å². The molecule has 0 spiro atoms. The first kappa shape index (κ1) is 15.2. The summed E-state index contributed by atoms with van der Waals surface area (Å²) in [7, 11) is 0. The van der Waals surface area contributed by atoms with Crippen molar-refractivity contribution in [2.75, 3.05) is 6.54 Å². The molecule has 7 heteroatoms. The second kappa shape index (κ2) is 6.53. The molecule has 0 aliphatic rings. The van der Waals surface area contributed by atoms with Crippen molar-refractivity contribution in [2.45, 2.75) is 19.6 Å². The van der Waals surface area contributed by atoms with E-state index in [2.05, 4.69) is 15.3 Å². The largest absolute Gasteiger partial charge is 0.437 e. The van der Waals surface area contributed by atoms with Crippen LogP contribution in [0.3, 0.4) is 0 Å². The van der Waals surface area contributed by atoms with Gasteiger partial charge in [0, 0.05) is 6.54 Å². The Morgan fingerprint density at radius 1 is 1.14 bits per heavy atom. The van der Waals surface area contributed by atoms with Crippen LogP contribution in [0.4, 0.5) is 13.2 Å². The number of hydrogen-bond acceptors (Lipinski definition) is 4. The number of para-hydroxylation sites is 1. The zero-order valence-corrected chi connectivity index (χ0v) is 11.3. The van der Waals surface area contributed by atoms with Crippen molar-refractivity contribution in [1.29, 1.82) is 0 Å². The molecule has 2 aromatic rings. The number of nitrogens with zero attached hydrogens (tertiary/aromatic N) is 2. The molecule has 0 aliphatic heterocycles. The van der Waals surface area contributed by atoms with E-state index in [-0.39, 0.29) is 11.6 Å². The predicted molar refractivity (Wildman–Crippen MR) is 70.9 cm³/mol. The van der Waals surface area contributed by atoms with E-state index in [1.807, 2.05) is 6.92 Å². The van der Waals surface area contributed by atoms with Crippen LogP contribution in [0, 0.1) is 0 Å². The number of alkyl halides is 3. The lowest BCUT2D eigenvalue weighted by Gasteiger charge is -2.12. The lowest BCUT2D eigenvalue weighted by atomic mass is 10.2. The molecule has 4 nitrogen and oxygen atoms in total. The fourth-order valence-electron chi connectivity index (χ4n) is 1.64. The van der Waals surface area contributed by atoms with Crippen LogP contribution < -0.4 is 10.1 Å². The van der Waals surface area contributed by atoms with Crippen molar-refractivity contribution in [3.63, 3.8) is 0 Å². The van der Waals surface area contributed by atoms with Crippen molar-refractivity contribution >= 4 is 0 Å². The maximum absolute atomic E-state index is 12.8. The van der Waals surface area contributed by atoms with Gasteiger partial charge in [0.1, 0.15) is 5.75 Å². The van der Waals surface area contributed by atoms with Crippen molar-refractivity contribution < 1.29 is 17.9 Å². The average Bonchev–Trinajstić information content (AvgIpc) is 2.46. The minimum Gasteiger partial charge on any atom is -0.437 e. The van der Waals surface area contributed by atoms with Crippen LogP contribution in [0.25, 0.3) is 0 Å². The van der Waals surface area contributed by atoms with E-state index in [1.54, 1.807) is 0 Å². The summed E-state index contributed by atoms with van der Waals surface area (Å²) in [6.07, 6.45) is -1.71. The number of ether oxygens (including phenoxy) is 1. The molecule has 2 rings (SSSR count). The molecular formula is C14H14F3N3O. The summed E-state index contributed by atoms with van der Waals surface area (Å²) in [4.78, 5) is 8.03. The highest BCUT2D eigenvalue weighted by Crippen LogP contribution is 2.37. The van der Waals surface area contributed by atoms with Crippen molar-refractivity contribution in [3.8, 4) is 11.6 Å². The van der Waals surface area contributed by atoms with E-state index >= 15 is 0 Å². The molecule has 0 amide bonds. The van der Waals surface area contributed by atoms with Crippen LogP contribution in [0.1, 0.15) is 18.2 Å². The number of nitrogens with one attached hydrogen (secondary N) is 1. The van der Waals surface area contributed by atoms with Gasteiger partial charge in [0.15, 0.2) is 0 Å². The first-order chi connectivity index (χ1) is 10.0. The van der Waals surface area contributed by atoms with Gasteiger partial charge in [-0.15, -0.1) is 0 Å². The first-order valence-electron chi connectivity index (χ1n) is 6.36. The van der Waals surface area contributed by atoms with Gasteiger partial charge in [-0.05, 0) is 18.7 Å². The highest BCUT2D eigenvalue weighted by Gasteiger charge is 2.34. The van der Waals surface area contributed by atoms with Crippen LogP contribution in [-0.2, 0) is 12.7 Å². The summed E-state index contributed by atoms with van der Waals surface area (Å²) >= 11 is 0. The van der Waals surface area contributed by atoms with Gasteiger partial charge in [0.2, 0.25) is 5.88 Å². The van der Waals surface area contributed by atoms with Gasteiger partial charge < -0.3 is 10.1 Å². The maximum Gasteiger partial charge on any atom is 0.419 e. The number of aromatic nitrogens is 2. The Labute approximate surface area is 120 Å². The molecule has 0 atom stereocenters. The molecule has 1 aromatic carbocycles. The lowest BCUT2D eigenvalue weighted by Crippen LogP contribution is -2.13. The van der Waals surface area contributed by atoms with Crippen LogP contribution in [-0.4, -0.2) is 16.5 Å². The summed E-state index contributed by atoms with van der Waals surface area (Å²) in [5, 5.41) is 3.07. The Kier molecular flexibility index (Phi) is 4.74. The Morgan fingerprint density at radius 3 is 2.52 bits per heavy atom. The molecule has 0 saturated heterocycles. The summed E-state index contributed by atoms with van der Waals surface area (Å²) in [5.74, 6) is -0.273. The molecule has 0 unspecified atom stereocenters. The van der Waals surface area contributed by atoms with Crippen LogP contribution in [0.15, 0.2) is 36.7 Å². The molecule has 0 saturated carbocycles. The van der Waals surface area contributed by atoms with E-state index in [4.69, 9.17) is 4.74 Å². The van der Waals surface area contributed by atoms with Crippen LogP contribution in [0.5, 0.6) is 11.6 Å². The van der Waals surface area contributed by atoms with Gasteiger partial charge in [-0.3, -0.25) is 4.98 Å². The monoisotopic (exact) mass is 297 g/mol. The Bertz CT molecular complexity index is 585. The molecule has 0 bridgehead atoms. The third kappa shape index (κ3) is 4.16. The zero-order chi connectivity index (χ0) is 15.3. The molecule has 21 heavy (non-hydrogen) atoms. The molecule has 1 heterocycles. The first-order valence-corrected chi connectivity index (χ1v) is 6.36. The normalized spacial score (nSPS) is 11.4. The van der Waals surface area contributed by atoms with Gasteiger partial charge in [0.05, 0.1) is 23.7 Å². The SMILES string of the molecule is CCNCc1cnc(Oc2ccccc2C(F)(F)F)cn1. The highest BCUT2D eigenvalue weighted by molar-refractivity contribution is 5.37. The van der Waals surface area contributed by atoms with Gasteiger partial charge in [-0.1, -0.05) is 19.1 Å². The smallest absolute Gasteiger partial charge is 0.419 e. The summed E-state index contributed by atoms with van der Waals surface area (Å²) in [5.41, 5.74) is -0.156. The molecule has 1 aromatic heterocycles. The third-order valence-electron chi connectivity index (χ3n) is 2.64. The number of rotatable bonds is 5. The molecule has 0 aliphatic carbocycles. The highest BCUT2D eigenvalue weighted by atomic mass is 19.4. The lowest BCUT2D eigenvalue weighted by molar-refractivity contribution is -0.138. The van der Waals surface area contributed by atoms with Crippen LogP contribution in [0.2, 0.25) is 0 Å². The molecule has 0 radical (unpaired) electrons. The van der Waals surface area contributed by atoms with E-state index in [1.165, 1.54) is 30.6 Å². The van der Waals surface area contributed by atoms with E-state index < -0.39 is 11.7 Å². The van der Waals surface area contributed by atoms with Crippen molar-refractivity contribution in [3.05, 3.63) is 47.9 Å². The van der Waals surface area contributed by atoms with Gasteiger partial charge in [-0.25, -0.2) is 4.98 Å².